The fraction of sp³-hybridized carbons (Fsp3) is 0.611. The van der Waals surface area contributed by atoms with Crippen molar-refractivity contribution in [1.82, 2.24) is 4.31 Å². The third kappa shape index (κ3) is 5.05. The third-order valence-corrected chi connectivity index (χ3v) is 6.40. The van der Waals surface area contributed by atoms with Crippen LogP contribution < -0.4 is 5.32 Å². The molecule has 0 unspecified atom stereocenters. The van der Waals surface area contributed by atoms with Crippen LogP contribution in [0.5, 0.6) is 0 Å². The summed E-state index contributed by atoms with van der Waals surface area (Å²) in [6.07, 6.45) is 4.84. The second kappa shape index (κ2) is 8.62. The summed E-state index contributed by atoms with van der Waals surface area (Å²) in [6.45, 7) is 4.61. The first kappa shape index (κ1) is 18.9. The van der Waals surface area contributed by atoms with Crippen molar-refractivity contribution < 1.29 is 13.2 Å². The van der Waals surface area contributed by atoms with E-state index in [9.17, 15) is 13.2 Å². The Morgan fingerprint density at radius 2 is 1.96 bits per heavy atom. The maximum Gasteiger partial charge on any atom is 0.228 e. The molecule has 0 spiro atoms. The second-order valence-electron chi connectivity index (χ2n) is 6.39. The van der Waals surface area contributed by atoms with Gasteiger partial charge in [0.2, 0.25) is 15.9 Å². The van der Waals surface area contributed by atoms with E-state index in [-0.39, 0.29) is 24.1 Å². The van der Waals surface area contributed by atoms with Crippen LogP contribution in [0.15, 0.2) is 24.3 Å². The number of rotatable bonds is 7. The Hall–Kier alpha value is -1.40. The van der Waals surface area contributed by atoms with E-state index in [4.69, 9.17) is 0 Å². The number of hydrogen-bond acceptors (Lipinski definition) is 3. The molecule has 5 nitrogen and oxygen atoms in total. The Morgan fingerprint density at radius 1 is 1.25 bits per heavy atom. The van der Waals surface area contributed by atoms with Gasteiger partial charge in [-0.05, 0) is 50.3 Å². The van der Waals surface area contributed by atoms with Crippen LogP contribution >= 0.6 is 0 Å². The van der Waals surface area contributed by atoms with E-state index < -0.39 is 10.0 Å². The maximum absolute atomic E-state index is 12.5. The number of benzene rings is 1. The van der Waals surface area contributed by atoms with E-state index in [0.717, 1.165) is 37.8 Å². The molecule has 0 bridgehead atoms. The Kier molecular flexibility index (Phi) is 6.80. The molecule has 6 heteroatoms. The van der Waals surface area contributed by atoms with E-state index in [0.29, 0.717) is 6.54 Å². The minimum atomic E-state index is -3.22. The number of amides is 1. The van der Waals surface area contributed by atoms with Gasteiger partial charge in [0.1, 0.15) is 0 Å². The number of nitrogens with zero attached hydrogens (tertiary/aromatic N) is 1. The number of sulfonamides is 1. The standard InChI is InChI=1S/C18H28N2O3S/c1-3-5-7-15-9-11-17(12-10-15)19-18(21)16-8-6-13-20(14-16)24(22,23)4-2/h9-12,16H,3-8,13-14H2,1-2H3,(H,19,21)/t16-/m0/s1. The van der Waals surface area contributed by atoms with Crippen LogP contribution in [0, 0.1) is 5.92 Å². The van der Waals surface area contributed by atoms with E-state index in [1.165, 1.54) is 9.87 Å². The number of aryl methyl sites for hydroxylation is 1. The second-order valence-corrected chi connectivity index (χ2v) is 8.65. The molecule has 1 aromatic carbocycles. The SMILES string of the molecule is CCCCc1ccc(NC(=O)[C@H]2CCCN(S(=O)(=O)CC)C2)cc1. The Bertz CT molecular complexity index is 641. The molecule has 1 aliphatic rings. The van der Waals surface area contributed by atoms with E-state index in [2.05, 4.69) is 12.2 Å². The fourth-order valence-electron chi connectivity index (χ4n) is 2.97. The smallest absolute Gasteiger partial charge is 0.228 e. The average Bonchev–Trinajstić information content (AvgIpc) is 2.61. The van der Waals surface area contributed by atoms with Crippen LogP contribution in [0.4, 0.5) is 5.69 Å². The highest BCUT2D eigenvalue weighted by Gasteiger charge is 2.31. The Labute approximate surface area is 145 Å². The first-order valence-electron chi connectivity index (χ1n) is 8.84. The number of anilines is 1. The minimum Gasteiger partial charge on any atom is -0.326 e. The van der Waals surface area contributed by atoms with Crippen LogP contribution in [0.2, 0.25) is 0 Å². The molecule has 0 saturated carbocycles. The topological polar surface area (TPSA) is 66.5 Å². The fourth-order valence-corrected chi connectivity index (χ4v) is 4.15. The van der Waals surface area contributed by atoms with Crippen molar-refractivity contribution in [3.63, 3.8) is 0 Å². The van der Waals surface area contributed by atoms with Gasteiger partial charge in [0.25, 0.3) is 0 Å². The number of unbranched alkanes of at least 4 members (excludes halogenated alkanes) is 1. The third-order valence-electron chi connectivity index (χ3n) is 4.55. The molecule has 0 radical (unpaired) electrons. The molecular weight excluding hydrogens is 324 g/mol. The highest BCUT2D eigenvalue weighted by atomic mass is 32.2. The number of carbonyl (C=O) groups is 1. The molecule has 1 saturated heterocycles. The molecule has 2 rings (SSSR count). The minimum absolute atomic E-state index is 0.0839. The molecular formula is C18H28N2O3S. The van der Waals surface area contributed by atoms with Gasteiger partial charge in [-0.1, -0.05) is 25.5 Å². The number of nitrogens with one attached hydrogen (secondary N) is 1. The monoisotopic (exact) mass is 352 g/mol. The molecule has 1 heterocycles. The van der Waals surface area contributed by atoms with Gasteiger partial charge >= 0.3 is 0 Å². The number of piperidine rings is 1. The lowest BCUT2D eigenvalue weighted by Gasteiger charge is -2.30. The summed E-state index contributed by atoms with van der Waals surface area (Å²) in [5.41, 5.74) is 2.04. The maximum atomic E-state index is 12.5. The van der Waals surface area contributed by atoms with Gasteiger partial charge < -0.3 is 5.32 Å². The quantitative estimate of drug-likeness (QED) is 0.820. The zero-order valence-corrected chi connectivity index (χ0v) is 15.4. The molecule has 24 heavy (non-hydrogen) atoms. The van der Waals surface area contributed by atoms with Crippen molar-refractivity contribution in [3.8, 4) is 0 Å². The zero-order valence-electron chi connectivity index (χ0n) is 14.6. The highest BCUT2D eigenvalue weighted by molar-refractivity contribution is 7.89. The van der Waals surface area contributed by atoms with Gasteiger partial charge in [-0.2, -0.15) is 0 Å². The summed E-state index contributed by atoms with van der Waals surface area (Å²) in [5, 5.41) is 2.92. The largest absolute Gasteiger partial charge is 0.326 e. The van der Waals surface area contributed by atoms with Crippen molar-refractivity contribution in [2.75, 3.05) is 24.2 Å². The van der Waals surface area contributed by atoms with Crippen molar-refractivity contribution >= 4 is 21.6 Å². The van der Waals surface area contributed by atoms with Gasteiger partial charge in [-0.15, -0.1) is 0 Å². The van der Waals surface area contributed by atoms with Crippen LogP contribution in [-0.2, 0) is 21.2 Å². The highest BCUT2D eigenvalue weighted by Crippen LogP contribution is 2.21. The van der Waals surface area contributed by atoms with Crippen molar-refractivity contribution in [3.05, 3.63) is 29.8 Å². The summed E-state index contributed by atoms with van der Waals surface area (Å²) in [6, 6.07) is 7.93. The summed E-state index contributed by atoms with van der Waals surface area (Å²) < 4.78 is 25.5. The molecule has 0 aromatic heterocycles. The predicted octanol–water partition coefficient (Wildman–Crippen LogP) is 3.03. The van der Waals surface area contributed by atoms with Crippen LogP contribution in [0.3, 0.4) is 0 Å². The zero-order chi connectivity index (χ0) is 17.6. The van der Waals surface area contributed by atoms with E-state index >= 15 is 0 Å². The number of hydrogen-bond donors (Lipinski definition) is 1. The van der Waals surface area contributed by atoms with Gasteiger partial charge in [-0.25, -0.2) is 12.7 Å². The van der Waals surface area contributed by atoms with Crippen LogP contribution in [-0.4, -0.2) is 37.5 Å². The summed E-state index contributed by atoms with van der Waals surface area (Å²) in [7, 11) is -3.22. The Balaban J connectivity index is 1.94. The van der Waals surface area contributed by atoms with Crippen molar-refractivity contribution in [1.29, 1.82) is 0 Å². The first-order valence-corrected chi connectivity index (χ1v) is 10.4. The normalized spacial score (nSPS) is 19.2. The van der Waals surface area contributed by atoms with Gasteiger partial charge in [-0.3, -0.25) is 4.79 Å². The molecule has 1 amide bonds. The van der Waals surface area contributed by atoms with Crippen LogP contribution in [0.1, 0.15) is 45.1 Å². The molecule has 0 aliphatic carbocycles. The molecule has 1 N–H and O–H groups in total. The Morgan fingerprint density at radius 3 is 2.58 bits per heavy atom. The molecule has 1 fully saturated rings. The van der Waals surface area contributed by atoms with Gasteiger partial charge in [0, 0.05) is 18.8 Å². The molecule has 134 valence electrons. The lowest BCUT2D eigenvalue weighted by molar-refractivity contribution is -0.120. The summed E-state index contributed by atoms with van der Waals surface area (Å²) >= 11 is 0. The summed E-state index contributed by atoms with van der Waals surface area (Å²) in [5.74, 6) is -0.284. The lowest BCUT2D eigenvalue weighted by atomic mass is 9.98. The van der Waals surface area contributed by atoms with Gasteiger partial charge in [0.15, 0.2) is 0 Å². The van der Waals surface area contributed by atoms with Crippen molar-refractivity contribution in [2.24, 2.45) is 5.92 Å². The molecule has 1 atom stereocenters. The average molecular weight is 353 g/mol. The predicted molar refractivity (Wildman–Crippen MR) is 97.4 cm³/mol. The van der Waals surface area contributed by atoms with Crippen molar-refractivity contribution in [2.45, 2.75) is 46.0 Å². The summed E-state index contributed by atoms with van der Waals surface area (Å²) in [4.78, 5) is 12.5. The van der Waals surface area contributed by atoms with Gasteiger partial charge in [0.05, 0.1) is 11.7 Å². The molecule has 1 aromatic rings. The first-order chi connectivity index (χ1) is 11.5. The van der Waals surface area contributed by atoms with E-state index in [1.54, 1.807) is 6.92 Å². The molecule has 1 aliphatic heterocycles. The lowest BCUT2D eigenvalue weighted by Crippen LogP contribution is -2.44. The van der Waals surface area contributed by atoms with E-state index in [1.807, 2.05) is 24.3 Å². The number of carbonyl (C=O) groups excluding carboxylic acids is 1. The van der Waals surface area contributed by atoms with Crippen LogP contribution in [0.25, 0.3) is 0 Å².